The summed E-state index contributed by atoms with van der Waals surface area (Å²) < 4.78 is 29.0. The van der Waals surface area contributed by atoms with Gasteiger partial charge >= 0.3 is 5.92 Å². The number of benzene rings is 1. The number of nitrogens with zero attached hydrogens (tertiary/aromatic N) is 2. The molecule has 0 saturated carbocycles. The van der Waals surface area contributed by atoms with Crippen molar-refractivity contribution in [2.24, 2.45) is 0 Å². The first kappa shape index (κ1) is 14.4. The van der Waals surface area contributed by atoms with E-state index in [9.17, 15) is 13.6 Å². The third kappa shape index (κ3) is 2.35. The summed E-state index contributed by atoms with van der Waals surface area (Å²) in [6.45, 7) is 3.89. The van der Waals surface area contributed by atoms with Crippen molar-refractivity contribution in [1.82, 2.24) is 9.88 Å². The van der Waals surface area contributed by atoms with E-state index in [-0.39, 0.29) is 18.7 Å². The Labute approximate surface area is 116 Å². The molecule has 1 aromatic carbocycles. The Morgan fingerprint density at radius 3 is 2.60 bits per heavy atom. The summed E-state index contributed by atoms with van der Waals surface area (Å²) in [6.07, 6.45) is 2.96. The predicted molar refractivity (Wildman–Crippen MR) is 73.6 cm³/mol. The fourth-order valence-corrected chi connectivity index (χ4v) is 2.22. The van der Waals surface area contributed by atoms with E-state index in [1.54, 1.807) is 19.9 Å². The molecule has 0 aliphatic carbocycles. The number of halogens is 2. The van der Waals surface area contributed by atoms with Gasteiger partial charge in [0.2, 0.25) is 0 Å². The van der Waals surface area contributed by atoms with Gasteiger partial charge in [0.1, 0.15) is 0 Å². The van der Waals surface area contributed by atoms with Crippen LogP contribution in [0.25, 0.3) is 10.8 Å². The highest BCUT2D eigenvalue weighted by molar-refractivity contribution is 5.93. The first-order chi connectivity index (χ1) is 9.52. The van der Waals surface area contributed by atoms with E-state index in [1.165, 1.54) is 30.6 Å². The lowest BCUT2D eigenvalue weighted by Gasteiger charge is -2.25. The second kappa shape index (κ2) is 5.53. The number of rotatable bonds is 4. The van der Waals surface area contributed by atoms with Crippen LogP contribution in [0.2, 0.25) is 0 Å². The number of alkyl halides is 2. The van der Waals surface area contributed by atoms with Gasteiger partial charge < -0.3 is 4.90 Å². The summed E-state index contributed by atoms with van der Waals surface area (Å²) in [4.78, 5) is 17.1. The minimum Gasteiger partial charge on any atom is -0.338 e. The van der Waals surface area contributed by atoms with Crippen LogP contribution >= 0.6 is 0 Å². The molecule has 1 heterocycles. The van der Waals surface area contributed by atoms with Crippen molar-refractivity contribution in [1.29, 1.82) is 0 Å². The number of pyridine rings is 1. The average Bonchev–Trinajstić information content (AvgIpc) is 2.47. The zero-order valence-corrected chi connectivity index (χ0v) is 11.4. The van der Waals surface area contributed by atoms with Gasteiger partial charge in [0.25, 0.3) is 5.91 Å². The maximum Gasteiger partial charge on any atom is 0.350 e. The number of hydrogen-bond donors (Lipinski definition) is 0. The highest BCUT2D eigenvalue weighted by Crippen LogP contribution is 2.35. The summed E-state index contributed by atoms with van der Waals surface area (Å²) in [5.41, 5.74) is -0.269. The van der Waals surface area contributed by atoms with E-state index >= 15 is 0 Å². The number of likely N-dealkylation sites (N-methyl/N-ethyl adjacent to an activating group) is 1. The number of aromatic nitrogens is 1. The smallest absolute Gasteiger partial charge is 0.338 e. The Hall–Kier alpha value is -2.04. The summed E-state index contributed by atoms with van der Waals surface area (Å²) in [5, 5.41) is 0.949. The second-order valence-electron chi connectivity index (χ2n) is 4.45. The maximum absolute atomic E-state index is 14.5. The van der Waals surface area contributed by atoms with E-state index in [2.05, 4.69) is 4.98 Å². The molecule has 0 atom stereocenters. The zero-order chi connectivity index (χ0) is 14.8. The van der Waals surface area contributed by atoms with Crippen molar-refractivity contribution in [2.75, 3.05) is 13.1 Å². The Balaban J connectivity index is 2.54. The first-order valence-corrected chi connectivity index (χ1v) is 6.52. The fourth-order valence-electron chi connectivity index (χ4n) is 2.22. The molecule has 0 radical (unpaired) electrons. The van der Waals surface area contributed by atoms with Gasteiger partial charge in [-0.05, 0) is 25.3 Å². The highest BCUT2D eigenvalue weighted by atomic mass is 19.3. The van der Waals surface area contributed by atoms with Gasteiger partial charge in [-0.25, -0.2) is 0 Å². The summed E-state index contributed by atoms with van der Waals surface area (Å²) in [6, 6.07) is 6.02. The van der Waals surface area contributed by atoms with Crippen LogP contribution in [0.4, 0.5) is 8.78 Å². The molecular formula is C15H16F2N2O. The molecular weight excluding hydrogens is 262 g/mol. The molecule has 0 aliphatic heterocycles. The molecule has 3 nitrogen and oxygen atoms in total. The third-order valence-electron chi connectivity index (χ3n) is 3.34. The van der Waals surface area contributed by atoms with Gasteiger partial charge in [-0.1, -0.05) is 18.2 Å². The van der Waals surface area contributed by atoms with Gasteiger partial charge in [0.15, 0.2) is 0 Å². The molecule has 0 unspecified atom stereocenters. The Kier molecular flexibility index (Phi) is 3.97. The molecule has 2 rings (SSSR count). The van der Waals surface area contributed by atoms with Crippen LogP contribution in [-0.4, -0.2) is 28.9 Å². The number of carbonyl (C=O) groups excluding carboxylic acids is 1. The molecule has 0 N–H and O–H groups in total. The normalized spacial score (nSPS) is 11.6. The lowest BCUT2D eigenvalue weighted by molar-refractivity contribution is -0.158. The Bertz CT molecular complexity index is 619. The minimum atomic E-state index is -3.53. The third-order valence-corrected chi connectivity index (χ3v) is 3.34. The van der Waals surface area contributed by atoms with E-state index in [0.29, 0.717) is 10.8 Å². The first-order valence-electron chi connectivity index (χ1n) is 6.52. The molecule has 1 amide bonds. The van der Waals surface area contributed by atoms with Crippen LogP contribution in [0.5, 0.6) is 0 Å². The summed E-state index contributed by atoms with van der Waals surface area (Å²) in [5.74, 6) is -4.70. The summed E-state index contributed by atoms with van der Waals surface area (Å²) in [7, 11) is 0. The highest BCUT2D eigenvalue weighted by Gasteiger charge is 2.44. The van der Waals surface area contributed by atoms with Crippen molar-refractivity contribution in [2.45, 2.75) is 19.8 Å². The number of hydrogen-bond acceptors (Lipinski definition) is 2. The molecule has 106 valence electrons. The number of carbonyl (C=O) groups is 1. The molecule has 0 bridgehead atoms. The molecule has 2 aromatic rings. The van der Waals surface area contributed by atoms with Crippen LogP contribution in [0, 0.1) is 0 Å². The van der Waals surface area contributed by atoms with Crippen molar-refractivity contribution in [3.63, 3.8) is 0 Å². The lowest BCUT2D eigenvalue weighted by Crippen LogP contribution is -2.41. The maximum atomic E-state index is 14.5. The monoisotopic (exact) mass is 278 g/mol. The number of amides is 1. The largest absolute Gasteiger partial charge is 0.350 e. The van der Waals surface area contributed by atoms with E-state index < -0.39 is 11.8 Å². The molecule has 1 aromatic heterocycles. The zero-order valence-electron chi connectivity index (χ0n) is 11.4. The standard InChI is InChI=1S/C15H16F2N2O/c1-3-19(4-2)14(20)15(16,17)13-7-5-6-11-10-18-9-8-12(11)13/h5-10H,3-4H2,1-2H3. The average molecular weight is 278 g/mol. The van der Waals surface area contributed by atoms with Crippen LogP contribution in [0.3, 0.4) is 0 Å². The minimum absolute atomic E-state index is 0.261. The van der Waals surface area contributed by atoms with Crippen LogP contribution in [-0.2, 0) is 10.7 Å². The van der Waals surface area contributed by atoms with E-state index in [0.717, 1.165) is 4.90 Å². The van der Waals surface area contributed by atoms with Crippen molar-refractivity contribution in [3.05, 3.63) is 42.2 Å². The molecule has 0 fully saturated rings. The van der Waals surface area contributed by atoms with E-state index in [4.69, 9.17) is 0 Å². The Morgan fingerprint density at radius 2 is 1.95 bits per heavy atom. The van der Waals surface area contributed by atoms with E-state index in [1.807, 2.05) is 0 Å². The number of fused-ring (bicyclic) bond motifs is 1. The predicted octanol–water partition coefficient (Wildman–Crippen LogP) is 3.20. The molecule has 0 saturated heterocycles. The van der Waals surface area contributed by atoms with Gasteiger partial charge in [-0.15, -0.1) is 0 Å². The lowest BCUT2D eigenvalue weighted by atomic mass is 10.00. The van der Waals surface area contributed by atoms with Crippen molar-refractivity contribution < 1.29 is 13.6 Å². The van der Waals surface area contributed by atoms with Crippen LogP contribution in [0.15, 0.2) is 36.7 Å². The van der Waals surface area contributed by atoms with Gasteiger partial charge in [0.05, 0.1) is 0 Å². The van der Waals surface area contributed by atoms with Gasteiger partial charge in [-0.3, -0.25) is 9.78 Å². The topological polar surface area (TPSA) is 33.2 Å². The molecule has 5 heteroatoms. The summed E-state index contributed by atoms with van der Waals surface area (Å²) >= 11 is 0. The van der Waals surface area contributed by atoms with Gasteiger partial charge in [0, 0.05) is 36.4 Å². The van der Waals surface area contributed by atoms with Gasteiger partial charge in [-0.2, -0.15) is 8.78 Å². The quantitative estimate of drug-likeness (QED) is 0.860. The van der Waals surface area contributed by atoms with Crippen LogP contribution < -0.4 is 0 Å². The Morgan fingerprint density at radius 1 is 1.25 bits per heavy atom. The molecule has 0 spiro atoms. The molecule has 0 aliphatic rings. The van der Waals surface area contributed by atoms with Crippen molar-refractivity contribution >= 4 is 16.7 Å². The SMILES string of the molecule is CCN(CC)C(=O)C(F)(F)c1cccc2cnccc12. The fraction of sp³-hybridized carbons (Fsp3) is 0.333. The molecule has 20 heavy (non-hydrogen) atoms. The van der Waals surface area contributed by atoms with Crippen LogP contribution in [0.1, 0.15) is 19.4 Å². The van der Waals surface area contributed by atoms with Crippen molar-refractivity contribution in [3.8, 4) is 0 Å². The second-order valence-corrected chi connectivity index (χ2v) is 4.45.